The molecule has 25 heavy (non-hydrogen) atoms. The minimum absolute atomic E-state index is 0. The van der Waals surface area contributed by atoms with Gasteiger partial charge in [-0.2, -0.15) is 0 Å². The summed E-state index contributed by atoms with van der Waals surface area (Å²) < 4.78 is 10.2. The smallest absolute Gasteiger partial charge is 0.315 e. The molecule has 0 saturated carbocycles. The van der Waals surface area contributed by atoms with E-state index in [2.05, 4.69) is 5.32 Å². The maximum Gasteiger partial charge on any atom is 0.315 e. The van der Waals surface area contributed by atoms with Gasteiger partial charge in [-0.05, 0) is 44.4 Å². The number of methoxy groups -OCH3 is 1. The average Bonchev–Trinajstić information content (AvgIpc) is 2.61. The van der Waals surface area contributed by atoms with E-state index in [1.807, 2.05) is 12.1 Å². The molecule has 0 spiro atoms. The largest absolute Gasteiger partial charge is 0.468 e. The topological polar surface area (TPSA) is 90.7 Å². The Hall–Kier alpha value is -1.63. The molecule has 1 aliphatic rings. The fourth-order valence-electron chi connectivity index (χ4n) is 2.89. The van der Waals surface area contributed by atoms with Crippen molar-refractivity contribution in [3.8, 4) is 0 Å². The van der Waals surface area contributed by atoms with E-state index in [1.54, 1.807) is 26.0 Å². The number of nitrogens with two attached hydrogens (primary N) is 1. The Morgan fingerprint density at radius 1 is 1.24 bits per heavy atom. The van der Waals surface area contributed by atoms with Gasteiger partial charge in [0.25, 0.3) is 0 Å². The molecule has 2 rings (SSSR count). The summed E-state index contributed by atoms with van der Waals surface area (Å²) in [6, 6.07) is 7.24. The molecular weight excluding hydrogens is 344 g/mol. The fourth-order valence-corrected chi connectivity index (χ4v) is 2.89. The van der Waals surface area contributed by atoms with Crippen LogP contribution in [0.5, 0.6) is 0 Å². The second-order valence-corrected chi connectivity index (χ2v) is 6.74. The van der Waals surface area contributed by atoms with Gasteiger partial charge in [0.05, 0.1) is 17.9 Å². The van der Waals surface area contributed by atoms with Gasteiger partial charge in [-0.3, -0.25) is 9.59 Å². The highest BCUT2D eigenvalue weighted by Crippen LogP contribution is 2.31. The molecule has 0 aromatic heterocycles. The average molecular weight is 371 g/mol. The summed E-state index contributed by atoms with van der Waals surface area (Å²) in [4.78, 5) is 24.5. The van der Waals surface area contributed by atoms with Crippen LogP contribution in [0, 0.1) is 5.41 Å². The van der Waals surface area contributed by atoms with Crippen LogP contribution < -0.4 is 11.1 Å². The lowest BCUT2D eigenvalue weighted by Crippen LogP contribution is -2.46. The number of anilines is 1. The van der Waals surface area contributed by atoms with E-state index in [9.17, 15) is 9.59 Å². The third-order valence-corrected chi connectivity index (χ3v) is 4.88. The van der Waals surface area contributed by atoms with Crippen LogP contribution in [0.3, 0.4) is 0 Å². The lowest BCUT2D eigenvalue weighted by atomic mass is 9.79. The van der Waals surface area contributed by atoms with Crippen LogP contribution in [0.2, 0.25) is 0 Å². The first kappa shape index (κ1) is 21.4. The number of benzene rings is 1. The molecule has 0 aliphatic carbocycles. The number of halogens is 1. The number of esters is 1. The molecule has 1 aromatic carbocycles. The Labute approximate surface area is 154 Å². The van der Waals surface area contributed by atoms with Gasteiger partial charge in [0.1, 0.15) is 0 Å². The number of carbonyl (C=O) groups is 2. The molecule has 1 heterocycles. The van der Waals surface area contributed by atoms with Crippen LogP contribution in [-0.4, -0.2) is 38.7 Å². The van der Waals surface area contributed by atoms with Gasteiger partial charge >= 0.3 is 5.97 Å². The summed E-state index contributed by atoms with van der Waals surface area (Å²) in [5, 5.41) is 2.93. The third-order valence-electron chi connectivity index (χ3n) is 4.88. The van der Waals surface area contributed by atoms with Crippen LogP contribution in [0.4, 0.5) is 5.69 Å². The zero-order chi connectivity index (χ0) is 17.8. The molecule has 0 bridgehead atoms. The van der Waals surface area contributed by atoms with Crippen molar-refractivity contribution in [1.82, 2.24) is 0 Å². The molecule has 1 fully saturated rings. The summed E-state index contributed by atoms with van der Waals surface area (Å²) in [5.74, 6) is -0.378. The number of carbonyl (C=O) groups excluding carboxylic acids is 2. The monoisotopic (exact) mass is 370 g/mol. The highest BCUT2D eigenvalue weighted by atomic mass is 35.5. The normalized spacial score (nSPS) is 16.5. The van der Waals surface area contributed by atoms with Crippen LogP contribution in [0.1, 0.15) is 32.3 Å². The second kappa shape index (κ2) is 8.65. The van der Waals surface area contributed by atoms with E-state index < -0.39 is 10.8 Å². The number of hydrogen-bond acceptors (Lipinski definition) is 5. The van der Waals surface area contributed by atoms with Crippen molar-refractivity contribution >= 4 is 30.0 Å². The number of nitrogens with one attached hydrogen (secondary N) is 1. The molecule has 6 nitrogen and oxygen atoms in total. The highest BCUT2D eigenvalue weighted by molar-refractivity contribution is 5.95. The van der Waals surface area contributed by atoms with Crippen LogP contribution in [0.25, 0.3) is 0 Å². The van der Waals surface area contributed by atoms with Crippen LogP contribution in [0.15, 0.2) is 24.3 Å². The van der Waals surface area contributed by atoms with Crippen molar-refractivity contribution in [2.24, 2.45) is 11.1 Å². The Bertz CT molecular complexity index is 596. The second-order valence-electron chi connectivity index (χ2n) is 6.74. The first-order valence-corrected chi connectivity index (χ1v) is 8.14. The van der Waals surface area contributed by atoms with Crippen LogP contribution >= 0.6 is 12.4 Å². The first-order valence-electron chi connectivity index (χ1n) is 8.14. The molecule has 0 radical (unpaired) electrons. The van der Waals surface area contributed by atoms with E-state index in [4.69, 9.17) is 15.2 Å². The Morgan fingerprint density at radius 2 is 1.80 bits per heavy atom. The SMILES string of the molecule is COC(=O)C(C)(C)c1ccc(NC(=O)C2(CN)CCOCC2)cc1.Cl. The number of amides is 1. The van der Waals surface area contributed by atoms with Crippen LogP contribution in [-0.2, 0) is 24.5 Å². The van der Waals surface area contributed by atoms with Crippen molar-refractivity contribution in [2.75, 3.05) is 32.2 Å². The summed E-state index contributed by atoms with van der Waals surface area (Å²) in [7, 11) is 1.37. The summed E-state index contributed by atoms with van der Waals surface area (Å²) in [6.45, 7) is 5.01. The van der Waals surface area contributed by atoms with Crippen molar-refractivity contribution in [1.29, 1.82) is 0 Å². The van der Waals surface area contributed by atoms with Gasteiger partial charge in [0, 0.05) is 25.4 Å². The standard InChI is InChI=1S/C18H26N2O4.ClH/c1-17(2,16(22)23-3)13-4-6-14(7-5-13)20-15(21)18(12-19)8-10-24-11-9-18;/h4-7H,8-12,19H2,1-3H3,(H,20,21);1H. The third kappa shape index (κ3) is 4.51. The molecule has 3 N–H and O–H groups in total. The Kier molecular flexibility index (Phi) is 7.41. The molecule has 7 heteroatoms. The molecule has 1 saturated heterocycles. The maximum absolute atomic E-state index is 12.6. The minimum atomic E-state index is -0.740. The van der Waals surface area contributed by atoms with E-state index >= 15 is 0 Å². The first-order chi connectivity index (χ1) is 11.4. The molecule has 140 valence electrons. The molecule has 1 aromatic rings. The van der Waals surface area contributed by atoms with Gasteiger partial charge in [-0.25, -0.2) is 0 Å². The maximum atomic E-state index is 12.6. The lowest BCUT2D eigenvalue weighted by Gasteiger charge is -2.34. The minimum Gasteiger partial charge on any atom is -0.468 e. The number of ether oxygens (including phenoxy) is 2. The molecular formula is C18H27ClN2O4. The van der Waals surface area contributed by atoms with Crippen molar-refractivity contribution in [3.05, 3.63) is 29.8 Å². The number of rotatable bonds is 5. The van der Waals surface area contributed by atoms with Crippen molar-refractivity contribution < 1.29 is 19.1 Å². The Balaban J connectivity index is 0.00000312. The summed E-state index contributed by atoms with van der Waals surface area (Å²) in [6.07, 6.45) is 1.26. The highest BCUT2D eigenvalue weighted by Gasteiger charge is 2.39. The molecule has 1 amide bonds. The lowest BCUT2D eigenvalue weighted by molar-refractivity contribution is -0.146. The van der Waals surface area contributed by atoms with E-state index in [0.29, 0.717) is 38.3 Å². The van der Waals surface area contributed by atoms with E-state index in [1.165, 1.54) is 7.11 Å². The van der Waals surface area contributed by atoms with E-state index in [0.717, 1.165) is 5.56 Å². The quantitative estimate of drug-likeness (QED) is 0.776. The Morgan fingerprint density at radius 3 is 2.28 bits per heavy atom. The summed E-state index contributed by atoms with van der Waals surface area (Å²) >= 11 is 0. The predicted molar refractivity (Wildman–Crippen MR) is 98.9 cm³/mol. The van der Waals surface area contributed by atoms with Gasteiger partial charge in [0.2, 0.25) is 5.91 Å². The molecule has 0 atom stereocenters. The van der Waals surface area contributed by atoms with Gasteiger partial charge in [-0.1, -0.05) is 12.1 Å². The van der Waals surface area contributed by atoms with Crippen molar-refractivity contribution in [2.45, 2.75) is 32.1 Å². The fraction of sp³-hybridized carbons (Fsp3) is 0.556. The predicted octanol–water partition coefficient (Wildman–Crippen LogP) is 2.25. The molecule has 1 aliphatic heterocycles. The van der Waals surface area contributed by atoms with Gasteiger partial charge in [-0.15, -0.1) is 12.4 Å². The van der Waals surface area contributed by atoms with E-state index in [-0.39, 0.29) is 24.3 Å². The zero-order valence-corrected chi connectivity index (χ0v) is 15.8. The van der Waals surface area contributed by atoms with Crippen molar-refractivity contribution in [3.63, 3.8) is 0 Å². The summed E-state index contributed by atoms with van der Waals surface area (Å²) in [5.41, 5.74) is 6.06. The van der Waals surface area contributed by atoms with Gasteiger partial charge in [0.15, 0.2) is 0 Å². The number of hydrogen-bond donors (Lipinski definition) is 2. The molecule has 0 unspecified atom stereocenters. The zero-order valence-electron chi connectivity index (χ0n) is 15.0. The van der Waals surface area contributed by atoms with Gasteiger partial charge < -0.3 is 20.5 Å².